The Morgan fingerprint density at radius 2 is 0.732 bits per heavy atom. The molecule has 0 saturated carbocycles. The molecule has 0 atom stereocenters. The Kier molecular flexibility index (Phi) is 9.92. The number of anilines is 5. The predicted octanol–water partition coefficient (Wildman–Crippen LogP) is 15.2. The number of hydrogen-bond donors (Lipinski definition) is 0. The summed E-state index contributed by atoms with van der Waals surface area (Å²) in [5.74, 6) is 0. The molecule has 0 radical (unpaired) electrons. The van der Waals surface area contributed by atoms with E-state index >= 15 is 0 Å². The fourth-order valence-corrected chi connectivity index (χ4v) is 7.58. The summed E-state index contributed by atoms with van der Waals surface area (Å²) in [7, 11) is 0. The van der Waals surface area contributed by atoms with Crippen LogP contribution in [0.25, 0.3) is 45.8 Å². The van der Waals surface area contributed by atoms with Gasteiger partial charge < -0.3 is 9.80 Å². The van der Waals surface area contributed by atoms with Gasteiger partial charge in [-0.05, 0) is 136 Å². The summed E-state index contributed by atoms with van der Waals surface area (Å²) in [5, 5.41) is 5.00. The minimum atomic E-state index is 1.03. The van der Waals surface area contributed by atoms with E-state index in [2.05, 4.69) is 240 Å². The lowest BCUT2D eigenvalue weighted by atomic mass is 9.97. The summed E-state index contributed by atoms with van der Waals surface area (Å²) in [5.41, 5.74) is 11.7. The van der Waals surface area contributed by atoms with Gasteiger partial charge in [-0.3, -0.25) is 0 Å². The van der Waals surface area contributed by atoms with Gasteiger partial charge in [0.15, 0.2) is 0 Å². The maximum absolute atomic E-state index is 2.37. The summed E-state index contributed by atoms with van der Waals surface area (Å²) in [6.07, 6.45) is 17.6. The van der Waals surface area contributed by atoms with E-state index in [1.54, 1.807) is 0 Å². The van der Waals surface area contributed by atoms with Crippen LogP contribution in [0.1, 0.15) is 35.1 Å². The Morgan fingerprint density at radius 1 is 0.357 bits per heavy atom. The minimum absolute atomic E-state index is 1.03. The molecule has 0 bridgehead atoms. The van der Waals surface area contributed by atoms with Gasteiger partial charge in [-0.25, -0.2) is 0 Å². The van der Waals surface area contributed by atoms with E-state index in [1.807, 2.05) is 0 Å². The molecule has 268 valence electrons. The molecule has 0 N–H and O–H groups in total. The third-order valence-corrected chi connectivity index (χ3v) is 10.4. The van der Waals surface area contributed by atoms with Gasteiger partial charge in [0.2, 0.25) is 0 Å². The molecule has 9 rings (SSSR count). The van der Waals surface area contributed by atoms with Gasteiger partial charge in [0.05, 0.1) is 0 Å². The van der Waals surface area contributed by atoms with Crippen molar-refractivity contribution in [1.29, 1.82) is 0 Å². The highest BCUT2D eigenvalue weighted by Gasteiger charge is 2.15. The Morgan fingerprint density at radius 3 is 1.18 bits per heavy atom. The van der Waals surface area contributed by atoms with Crippen molar-refractivity contribution in [2.75, 3.05) is 9.80 Å². The largest absolute Gasteiger partial charge is 0.314 e. The van der Waals surface area contributed by atoms with E-state index in [0.29, 0.717) is 0 Å². The van der Waals surface area contributed by atoms with E-state index in [1.165, 1.54) is 55.3 Å². The first-order chi connectivity index (χ1) is 27.7. The normalized spacial score (nSPS) is 12.8. The highest BCUT2D eigenvalue weighted by molar-refractivity contribution is 6.09. The van der Waals surface area contributed by atoms with Gasteiger partial charge in [-0.1, -0.05) is 152 Å². The third kappa shape index (κ3) is 7.59. The maximum atomic E-state index is 2.37. The zero-order chi connectivity index (χ0) is 37.5. The molecule has 0 spiro atoms. The fourth-order valence-electron chi connectivity index (χ4n) is 7.58. The van der Waals surface area contributed by atoms with Crippen molar-refractivity contribution < 1.29 is 0 Å². The average Bonchev–Trinajstić information content (AvgIpc) is 3.27. The smallest absolute Gasteiger partial charge is 0.0462 e. The molecule has 1 aliphatic rings. The number of fused-ring (bicyclic) bond motifs is 3. The van der Waals surface area contributed by atoms with Crippen LogP contribution in [0.5, 0.6) is 0 Å². The van der Waals surface area contributed by atoms with E-state index in [0.717, 1.165) is 35.5 Å². The van der Waals surface area contributed by atoms with Crippen molar-refractivity contribution >= 4 is 74.3 Å². The van der Waals surface area contributed by atoms with Crippen LogP contribution in [0.15, 0.2) is 212 Å². The van der Waals surface area contributed by atoms with Crippen LogP contribution >= 0.6 is 0 Å². The van der Waals surface area contributed by atoms with E-state index in [-0.39, 0.29) is 0 Å². The Labute approximate surface area is 329 Å². The van der Waals surface area contributed by atoms with Gasteiger partial charge >= 0.3 is 0 Å². The topological polar surface area (TPSA) is 6.48 Å². The van der Waals surface area contributed by atoms with Gasteiger partial charge in [0.25, 0.3) is 0 Å². The predicted molar refractivity (Wildman–Crippen MR) is 242 cm³/mol. The van der Waals surface area contributed by atoms with Crippen molar-refractivity contribution in [3.05, 3.63) is 234 Å². The lowest BCUT2D eigenvalue weighted by molar-refractivity contribution is 0.917. The monoisotopic (exact) mass is 718 g/mol. The molecule has 2 nitrogen and oxygen atoms in total. The molecular weight excluding hydrogens is 677 g/mol. The van der Waals surface area contributed by atoms with Crippen LogP contribution in [0, 0.1) is 0 Å². The van der Waals surface area contributed by atoms with Gasteiger partial charge in [0.1, 0.15) is 0 Å². The maximum Gasteiger partial charge on any atom is 0.0462 e. The quantitative estimate of drug-likeness (QED) is 0.103. The van der Waals surface area contributed by atoms with E-state index < -0.39 is 0 Å². The molecular formula is C54H42N2. The molecule has 8 aromatic carbocycles. The number of allylic oxidation sites excluding steroid dienone is 4. The van der Waals surface area contributed by atoms with Crippen molar-refractivity contribution in [2.45, 2.75) is 12.8 Å². The summed E-state index contributed by atoms with van der Waals surface area (Å²) < 4.78 is 0. The highest BCUT2D eigenvalue weighted by Crippen LogP contribution is 2.36. The number of benzene rings is 8. The number of hydrogen-bond acceptors (Lipinski definition) is 2. The molecule has 56 heavy (non-hydrogen) atoms. The van der Waals surface area contributed by atoms with Crippen LogP contribution in [0.4, 0.5) is 28.4 Å². The van der Waals surface area contributed by atoms with Gasteiger partial charge in [-0.15, -0.1) is 0 Å². The first-order valence-corrected chi connectivity index (χ1v) is 19.4. The van der Waals surface area contributed by atoms with Crippen LogP contribution in [-0.4, -0.2) is 0 Å². The van der Waals surface area contributed by atoms with E-state index in [4.69, 9.17) is 0 Å². The van der Waals surface area contributed by atoms with Gasteiger partial charge in [0, 0.05) is 34.1 Å². The molecule has 8 aromatic rings. The second-order valence-corrected chi connectivity index (χ2v) is 14.2. The summed E-state index contributed by atoms with van der Waals surface area (Å²) in [6.45, 7) is 0. The number of nitrogens with zero attached hydrogens (tertiary/aromatic N) is 2. The molecule has 0 unspecified atom stereocenters. The summed E-state index contributed by atoms with van der Waals surface area (Å²) in [6, 6.07) is 67.3. The second kappa shape index (κ2) is 16.1. The van der Waals surface area contributed by atoms with Crippen LogP contribution in [0.2, 0.25) is 0 Å². The first kappa shape index (κ1) is 34.6. The molecule has 2 heteroatoms. The van der Waals surface area contributed by atoms with Crippen LogP contribution < -0.4 is 9.80 Å². The van der Waals surface area contributed by atoms with Crippen molar-refractivity contribution in [1.82, 2.24) is 0 Å². The number of para-hydroxylation sites is 3. The highest BCUT2D eigenvalue weighted by atomic mass is 15.1. The Bertz CT molecular complexity index is 2670. The summed E-state index contributed by atoms with van der Waals surface area (Å²) >= 11 is 0. The first-order valence-electron chi connectivity index (χ1n) is 19.4. The second-order valence-electron chi connectivity index (χ2n) is 14.2. The van der Waals surface area contributed by atoms with Crippen LogP contribution in [-0.2, 0) is 0 Å². The fraction of sp³-hybridized carbons (Fsp3) is 0.0370. The minimum Gasteiger partial charge on any atom is -0.314 e. The molecule has 0 amide bonds. The third-order valence-electron chi connectivity index (χ3n) is 10.4. The molecule has 0 aliphatic heterocycles. The lowest BCUT2D eigenvalue weighted by Crippen LogP contribution is -2.17. The average molecular weight is 719 g/mol. The molecule has 0 saturated heterocycles. The van der Waals surface area contributed by atoms with Crippen molar-refractivity contribution in [3.63, 3.8) is 0 Å². The Balaban J connectivity index is 0.950. The van der Waals surface area contributed by atoms with E-state index in [9.17, 15) is 0 Å². The molecule has 0 aromatic heterocycles. The summed E-state index contributed by atoms with van der Waals surface area (Å²) in [4.78, 5) is 4.66. The van der Waals surface area contributed by atoms with Crippen molar-refractivity contribution in [3.8, 4) is 0 Å². The van der Waals surface area contributed by atoms with Crippen LogP contribution in [0.3, 0.4) is 0 Å². The standard InChI is InChI=1S/C54H42N2/c1-5-13-47(14-6-1)55(48-15-7-2-8-16-48)51-35-27-41(28-36-51)21-23-43-25-31-45-33-34-46-32-26-44(40-54(46)53(45)39-43)24-22-42-29-37-52(38-30-42)56(49-17-9-3-10-18-49)50-19-11-4-12-20-50/h1-11,13-19,21-40H,12,20H2/b23-21-,24-22-. The van der Waals surface area contributed by atoms with Gasteiger partial charge in [-0.2, -0.15) is 0 Å². The SMILES string of the molecule is C1=CCCC(N(c2ccccc2)c2ccc(/C=C\c3ccc4ccc5ccc(/C=C\c6ccc(N(c7ccccc7)c7ccccc7)cc6)cc5c4c3)cc2)=C1. The zero-order valence-corrected chi connectivity index (χ0v) is 31.2. The Hall–Kier alpha value is -7.16. The van der Waals surface area contributed by atoms with Crippen molar-refractivity contribution in [2.24, 2.45) is 0 Å². The molecule has 0 fully saturated rings. The zero-order valence-electron chi connectivity index (χ0n) is 31.2. The lowest BCUT2D eigenvalue weighted by Gasteiger charge is -2.28. The number of rotatable bonds is 10. The molecule has 1 aliphatic carbocycles. The molecule has 0 heterocycles.